The maximum atomic E-state index is 14.3. The van der Waals surface area contributed by atoms with Gasteiger partial charge in [-0.05, 0) is 64.0 Å². The van der Waals surface area contributed by atoms with Gasteiger partial charge in [0.15, 0.2) is 0 Å². The van der Waals surface area contributed by atoms with Crippen LogP contribution in [0.4, 0.5) is 13.2 Å². The number of hydrogen-bond donors (Lipinski definition) is 0. The van der Waals surface area contributed by atoms with Crippen molar-refractivity contribution in [1.82, 2.24) is 0 Å². The zero-order valence-electron chi connectivity index (χ0n) is 11.3. The van der Waals surface area contributed by atoms with Gasteiger partial charge in [0.1, 0.15) is 17.5 Å². The lowest BCUT2D eigenvalue weighted by molar-refractivity contribution is 0.585. The molecule has 0 spiro atoms. The summed E-state index contributed by atoms with van der Waals surface area (Å²) in [5.41, 5.74) is 1.76. The van der Waals surface area contributed by atoms with E-state index in [1.807, 2.05) is 24.3 Å². The van der Waals surface area contributed by atoms with E-state index in [2.05, 4.69) is 22.6 Å². The maximum Gasteiger partial charge on any atom is 0.133 e. The number of halogens is 4. The van der Waals surface area contributed by atoms with E-state index in [4.69, 9.17) is 0 Å². The summed E-state index contributed by atoms with van der Waals surface area (Å²) >= 11 is 2.18. The molecule has 3 aromatic carbocycles. The van der Waals surface area contributed by atoms with Gasteiger partial charge in [-0.2, -0.15) is 0 Å². The average Bonchev–Trinajstić information content (AvgIpc) is 2.48. The van der Waals surface area contributed by atoms with Gasteiger partial charge in [0.25, 0.3) is 0 Å². The van der Waals surface area contributed by atoms with Crippen LogP contribution in [0.2, 0.25) is 0 Å². The molecule has 0 aliphatic carbocycles. The highest BCUT2D eigenvalue weighted by Gasteiger charge is 2.11. The van der Waals surface area contributed by atoms with Gasteiger partial charge in [-0.3, -0.25) is 0 Å². The van der Waals surface area contributed by atoms with Crippen LogP contribution in [-0.4, -0.2) is 0 Å². The van der Waals surface area contributed by atoms with Crippen molar-refractivity contribution in [3.63, 3.8) is 0 Å². The molecule has 0 saturated carbocycles. The quantitative estimate of drug-likeness (QED) is 0.452. The highest BCUT2D eigenvalue weighted by Crippen LogP contribution is 2.29. The molecule has 0 aliphatic heterocycles. The third-order valence-electron chi connectivity index (χ3n) is 3.37. The number of hydrogen-bond acceptors (Lipinski definition) is 0. The lowest BCUT2D eigenvalue weighted by atomic mass is 9.99. The molecule has 0 amide bonds. The minimum absolute atomic E-state index is 0.175. The van der Waals surface area contributed by atoms with Gasteiger partial charge in [-0.1, -0.05) is 24.3 Å². The van der Waals surface area contributed by atoms with Crippen molar-refractivity contribution in [2.24, 2.45) is 0 Å². The minimum Gasteiger partial charge on any atom is -0.207 e. The van der Waals surface area contributed by atoms with Crippen molar-refractivity contribution in [2.45, 2.75) is 0 Å². The van der Waals surface area contributed by atoms with E-state index in [9.17, 15) is 13.2 Å². The van der Waals surface area contributed by atoms with Gasteiger partial charge in [0.05, 0.1) is 0 Å². The molecule has 0 atom stereocenters. The predicted octanol–water partition coefficient (Wildman–Crippen LogP) is 6.04. The molecule has 0 fully saturated rings. The first-order valence-electron chi connectivity index (χ1n) is 6.55. The summed E-state index contributed by atoms with van der Waals surface area (Å²) < 4.78 is 42.1. The molecule has 0 aliphatic rings. The van der Waals surface area contributed by atoms with Gasteiger partial charge in [0, 0.05) is 20.8 Å². The van der Waals surface area contributed by atoms with Crippen molar-refractivity contribution in [1.29, 1.82) is 0 Å². The average molecular weight is 410 g/mol. The molecule has 3 aromatic rings. The van der Waals surface area contributed by atoms with Gasteiger partial charge in [0.2, 0.25) is 0 Å². The Labute approximate surface area is 139 Å². The van der Waals surface area contributed by atoms with Crippen molar-refractivity contribution in [2.75, 3.05) is 0 Å². The first-order valence-corrected chi connectivity index (χ1v) is 7.63. The molecular weight excluding hydrogens is 400 g/mol. The summed E-state index contributed by atoms with van der Waals surface area (Å²) in [4.78, 5) is 0. The second-order valence-corrected chi connectivity index (χ2v) is 6.07. The molecule has 3 rings (SSSR count). The fourth-order valence-corrected chi connectivity index (χ4v) is 2.63. The number of benzene rings is 3. The fourth-order valence-electron chi connectivity index (χ4n) is 2.27. The van der Waals surface area contributed by atoms with Crippen molar-refractivity contribution >= 4 is 22.6 Å². The Morgan fingerprint density at radius 2 is 1.14 bits per heavy atom. The summed E-state index contributed by atoms with van der Waals surface area (Å²) in [6.07, 6.45) is 0. The maximum absolute atomic E-state index is 14.3. The molecular formula is C18H10F3I. The van der Waals surface area contributed by atoms with Crippen LogP contribution in [-0.2, 0) is 0 Å². The monoisotopic (exact) mass is 410 g/mol. The molecule has 0 unspecified atom stereocenters. The molecule has 0 N–H and O–H groups in total. The topological polar surface area (TPSA) is 0 Å². The Morgan fingerprint density at radius 3 is 1.77 bits per heavy atom. The van der Waals surface area contributed by atoms with E-state index in [1.165, 1.54) is 12.1 Å². The summed E-state index contributed by atoms with van der Waals surface area (Å²) in [6.45, 7) is 0. The van der Waals surface area contributed by atoms with E-state index < -0.39 is 17.5 Å². The molecule has 0 nitrogen and oxygen atoms in total. The van der Waals surface area contributed by atoms with E-state index in [1.54, 1.807) is 12.1 Å². The Bertz CT molecular complexity index is 826. The van der Waals surface area contributed by atoms with Crippen LogP contribution in [0.3, 0.4) is 0 Å². The summed E-state index contributed by atoms with van der Waals surface area (Å²) in [5, 5.41) is 0. The zero-order chi connectivity index (χ0) is 15.7. The van der Waals surface area contributed by atoms with Gasteiger partial charge in [-0.15, -0.1) is 0 Å². The van der Waals surface area contributed by atoms with Crippen LogP contribution < -0.4 is 0 Å². The highest BCUT2D eigenvalue weighted by atomic mass is 127. The standard InChI is InChI=1S/C18H10F3I/c19-13-4-8-16(18(21)10-13)12-3-7-15(17(20)9-12)11-1-5-14(22)6-2-11/h1-10H. The molecule has 0 heterocycles. The normalized spacial score (nSPS) is 10.7. The van der Waals surface area contributed by atoms with Gasteiger partial charge >= 0.3 is 0 Å². The molecule has 4 heteroatoms. The number of rotatable bonds is 2. The smallest absolute Gasteiger partial charge is 0.133 e. The summed E-state index contributed by atoms with van der Waals surface area (Å²) in [7, 11) is 0. The lowest BCUT2D eigenvalue weighted by Crippen LogP contribution is -1.90. The predicted molar refractivity (Wildman–Crippen MR) is 89.9 cm³/mol. The molecule has 110 valence electrons. The third-order valence-corrected chi connectivity index (χ3v) is 4.09. The summed E-state index contributed by atoms with van der Waals surface area (Å²) in [6, 6.07) is 15.2. The Morgan fingerprint density at radius 1 is 0.591 bits per heavy atom. The van der Waals surface area contributed by atoms with Gasteiger partial charge < -0.3 is 0 Å². The molecule has 0 bridgehead atoms. The minimum atomic E-state index is -0.707. The fraction of sp³-hybridized carbons (Fsp3) is 0. The summed E-state index contributed by atoms with van der Waals surface area (Å²) in [5.74, 6) is -1.80. The zero-order valence-corrected chi connectivity index (χ0v) is 13.4. The van der Waals surface area contributed by atoms with Crippen molar-refractivity contribution in [3.05, 3.63) is 81.7 Å². The van der Waals surface area contributed by atoms with E-state index in [0.29, 0.717) is 11.1 Å². The first kappa shape index (κ1) is 15.1. The Kier molecular flexibility index (Phi) is 4.20. The first-order chi connectivity index (χ1) is 10.5. The molecule has 22 heavy (non-hydrogen) atoms. The van der Waals surface area contributed by atoms with Crippen LogP contribution in [0, 0.1) is 21.0 Å². The molecule has 0 saturated heterocycles. The van der Waals surface area contributed by atoms with E-state index in [0.717, 1.165) is 21.3 Å². The van der Waals surface area contributed by atoms with Crippen molar-refractivity contribution in [3.8, 4) is 22.3 Å². The van der Waals surface area contributed by atoms with Crippen LogP contribution in [0.5, 0.6) is 0 Å². The van der Waals surface area contributed by atoms with Gasteiger partial charge in [-0.25, -0.2) is 13.2 Å². The van der Waals surface area contributed by atoms with Crippen LogP contribution in [0.25, 0.3) is 22.3 Å². The highest BCUT2D eigenvalue weighted by molar-refractivity contribution is 14.1. The second-order valence-electron chi connectivity index (χ2n) is 4.83. The second kappa shape index (κ2) is 6.12. The third kappa shape index (κ3) is 3.02. The lowest BCUT2D eigenvalue weighted by Gasteiger charge is -2.08. The van der Waals surface area contributed by atoms with E-state index >= 15 is 0 Å². The van der Waals surface area contributed by atoms with Crippen LogP contribution >= 0.6 is 22.6 Å². The Hall–Kier alpha value is -1.82. The van der Waals surface area contributed by atoms with E-state index in [-0.39, 0.29) is 5.56 Å². The molecule has 0 aromatic heterocycles. The SMILES string of the molecule is Fc1ccc(-c2ccc(-c3ccc(I)cc3)c(F)c2)c(F)c1. The Balaban J connectivity index is 2.03. The molecule has 0 radical (unpaired) electrons. The van der Waals surface area contributed by atoms with Crippen LogP contribution in [0.15, 0.2) is 60.7 Å². The van der Waals surface area contributed by atoms with Crippen LogP contribution in [0.1, 0.15) is 0 Å². The largest absolute Gasteiger partial charge is 0.207 e. The van der Waals surface area contributed by atoms with Crippen molar-refractivity contribution < 1.29 is 13.2 Å².